The number of nitrogens with zero attached hydrogens (tertiary/aromatic N) is 3. The van der Waals surface area contributed by atoms with Crippen LogP contribution in [0.4, 0.5) is 0 Å². The van der Waals surface area contributed by atoms with Crippen molar-refractivity contribution in [1.82, 2.24) is 5.43 Å². The van der Waals surface area contributed by atoms with E-state index in [1.54, 1.807) is 0 Å². The Balaban J connectivity index is 1.63. The maximum Gasteiger partial charge on any atom is 0.146 e. The molecule has 0 saturated carbocycles. The predicted octanol–water partition coefficient (Wildman–Crippen LogP) is 4.81. The first kappa shape index (κ1) is 14.3. The molecule has 0 amide bonds. The van der Waals surface area contributed by atoms with Gasteiger partial charge in [0.15, 0.2) is 0 Å². The van der Waals surface area contributed by atoms with E-state index in [0.717, 1.165) is 12.3 Å². The summed E-state index contributed by atoms with van der Waals surface area (Å²) in [5.41, 5.74) is 5.59. The van der Waals surface area contributed by atoms with Crippen LogP contribution in [0.3, 0.4) is 0 Å². The Morgan fingerprint density at radius 3 is 2.56 bits per heavy atom. The molecule has 0 fully saturated rings. The normalized spacial score (nSPS) is 24.6. The van der Waals surface area contributed by atoms with Gasteiger partial charge in [-0.05, 0) is 28.3 Å². The van der Waals surface area contributed by atoms with Gasteiger partial charge in [0.05, 0.1) is 6.04 Å². The third kappa shape index (κ3) is 2.41. The first-order chi connectivity index (χ1) is 12.4. The van der Waals surface area contributed by atoms with Crippen LogP contribution in [0.25, 0.3) is 10.8 Å². The Bertz CT molecular complexity index is 972. The molecule has 0 unspecified atom stereocenters. The van der Waals surface area contributed by atoms with Gasteiger partial charge in [-0.1, -0.05) is 78.0 Å². The van der Waals surface area contributed by atoms with Crippen LogP contribution < -0.4 is 5.43 Å². The minimum atomic E-state index is -0.00855. The zero-order valence-electron chi connectivity index (χ0n) is 13.7. The van der Waals surface area contributed by atoms with Crippen LogP contribution in [0.15, 0.2) is 88.1 Å². The van der Waals surface area contributed by atoms with E-state index >= 15 is 0 Å². The lowest BCUT2D eigenvalue weighted by atomic mass is 9.80. The second kappa shape index (κ2) is 5.81. The van der Waals surface area contributed by atoms with Crippen molar-refractivity contribution < 1.29 is 0 Å². The van der Waals surface area contributed by atoms with Crippen molar-refractivity contribution in [1.29, 1.82) is 0 Å². The first-order valence-electron chi connectivity index (χ1n) is 8.66. The molecule has 3 atom stereocenters. The Morgan fingerprint density at radius 1 is 0.840 bits per heavy atom. The van der Waals surface area contributed by atoms with E-state index in [1.165, 1.54) is 21.9 Å². The zero-order valence-corrected chi connectivity index (χ0v) is 13.7. The van der Waals surface area contributed by atoms with E-state index in [1.807, 2.05) is 6.07 Å². The van der Waals surface area contributed by atoms with Crippen molar-refractivity contribution >= 4 is 16.6 Å². The smallest absolute Gasteiger partial charge is 0.146 e. The number of hydrogen-bond acceptors (Lipinski definition) is 4. The van der Waals surface area contributed by atoms with E-state index < -0.39 is 0 Å². The van der Waals surface area contributed by atoms with E-state index in [4.69, 9.17) is 4.99 Å². The van der Waals surface area contributed by atoms with Crippen LogP contribution in [-0.2, 0) is 0 Å². The molecule has 5 rings (SSSR count). The van der Waals surface area contributed by atoms with Crippen molar-refractivity contribution in [3.05, 3.63) is 83.9 Å². The molecule has 0 aromatic heterocycles. The predicted molar refractivity (Wildman–Crippen MR) is 99.7 cm³/mol. The number of hydrogen-bond donors (Lipinski definition) is 1. The molecule has 1 N–H and O–H groups in total. The summed E-state index contributed by atoms with van der Waals surface area (Å²) in [7, 11) is 0. The van der Waals surface area contributed by atoms with Crippen molar-refractivity contribution in [2.24, 2.45) is 15.3 Å². The molecular formula is C21H18N4. The van der Waals surface area contributed by atoms with Gasteiger partial charge in [0, 0.05) is 5.92 Å². The Labute approximate surface area is 146 Å². The molecule has 2 aliphatic heterocycles. The number of aliphatic imine (C=N–C) groups is 1. The second-order valence-electron chi connectivity index (χ2n) is 6.62. The lowest BCUT2D eigenvalue weighted by Crippen LogP contribution is -2.35. The lowest BCUT2D eigenvalue weighted by molar-refractivity contribution is 0.492. The molecule has 25 heavy (non-hydrogen) atoms. The molecule has 3 aromatic rings. The number of benzene rings is 3. The third-order valence-electron chi connectivity index (χ3n) is 5.19. The van der Waals surface area contributed by atoms with Crippen LogP contribution in [0.1, 0.15) is 29.5 Å². The quantitative estimate of drug-likeness (QED) is 0.722. The highest BCUT2D eigenvalue weighted by atomic mass is 15.5. The minimum absolute atomic E-state index is 0.00855. The Morgan fingerprint density at radius 2 is 1.64 bits per heavy atom. The number of rotatable bonds is 2. The van der Waals surface area contributed by atoms with Crippen LogP contribution >= 0.6 is 0 Å². The molecular weight excluding hydrogens is 308 g/mol. The number of nitrogens with one attached hydrogen (secondary N) is 1. The standard InChI is InChI=1S/C21H18N4/c1-2-8-15(9-3-1)19-13-18(20-21(22-19)24-25-23-20)17-12-6-10-14-7-4-5-11-16(14)17/h1-12,18-20H,13H2,(H,22,23,24)/t18-,19-,20-/m1/s1. The summed E-state index contributed by atoms with van der Waals surface area (Å²) < 4.78 is 0. The monoisotopic (exact) mass is 326 g/mol. The van der Waals surface area contributed by atoms with Crippen LogP contribution in [0.2, 0.25) is 0 Å². The fourth-order valence-electron chi connectivity index (χ4n) is 3.99. The number of amidine groups is 1. The first-order valence-corrected chi connectivity index (χ1v) is 8.66. The van der Waals surface area contributed by atoms with Gasteiger partial charge >= 0.3 is 0 Å². The van der Waals surface area contributed by atoms with Gasteiger partial charge in [-0.15, -0.1) is 0 Å². The summed E-state index contributed by atoms with van der Waals surface area (Å²) in [5.74, 6) is 1.15. The van der Waals surface area contributed by atoms with E-state index in [9.17, 15) is 0 Å². The van der Waals surface area contributed by atoms with Gasteiger partial charge < -0.3 is 0 Å². The van der Waals surface area contributed by atoms with Gasteiger partial charge in [-0.2, -0.15) is 5.11 Å². The average Bonchev–Trinajstić information content (AvgIpc) is 3.16. The highest BCUT2D eigenvalue weighted by molar-refractivity contribution is 5.92. The van der Waals surface area contributed by atoms with Gasteiger partial charge in [0.25, 0.3) is 0 Å². The summed E-state index contributed by atoms with van der Waals surface area (Å²) in [4.78, 5) is 4.89. The summed E-state index contributed by atoms with van der Waals surface area (Å²) >= 11 is 0. The minimum Gasteiger partial charge on any atom is -0.261 e. The molecule has 0 bridgehead atoms. The zero-order chi connectivity index (χ0) is 16.6. The van der Waals surface area contributed by atoms with E-state index in [2.05, 4.69) is 82.5 Å². The molecule has 4 nitrogen and oxygen atoms in total. The summed E-state index contributed by atoms with van der Waals surface area (Å²) in [6.07, 6.45) is 0.937. The Kier molecular flexibility index (Phi) is 3.33. The lowest BCUT2D eigenvalue weighted by Gasteiger charge is -2.30. The maximum atomic E-state index is 4.89. The van der Waals surface area contributed by atoms with Gasteiger partial charge in [0.2, 0.25) is 0 Å². The summed E-state index contributed by atoms with van der Waals surface area (Å²) in [6.45, 7) is 0. The molecule has 122 valence electrons. The fourth-order valence-corrected chi connectivity index (χ4v) is 3.99. The molecule has 4 heteroatoms. The third-order valence-corrected chi connectivity index (χ3v) is 5.19. The molecule has 0 aliphatic carbocycles. The van der Waals surface area contributed by atoms with Crippen molar-refractivity contribution in [2.75, 3.05) is 0 Å². The SMILES string of the molecule is c1ccc([C@H]2C[C@H](c3cccc4ccccc34)[C@H]3N=NNC3=N2)cc1. The van der Waals surface area contributed by atoms with E-state index in [0.29, 0.717) is 0 Å². The average molecular weight is 326 g/mol. The molecule has 0 spiro atoms. The second-order valence-corrected chi connectivity index (χ2v) is 6.62. The Hall–Kier alpha value is -3.01. The highest BCUT2D eigenvalue weighted by Gasteiger charge is 2.38. The van der Waals surface area contributed by atoms with Gasteiger partial charge in [-0.3, -0.25) is 4.99 Å². The van der Waals surface area contributed by atoms with Crippen LogP contribution in [-0.4, -0.2) is 11.9 Å². The van der Waals surface area contributed by atoms with Crippen LogP contribution in [0.5, 0.6) is 0 Å². The largest absolute Gasteiger partial charge is 0.261 e. The van der Waals surface area contributed by atoms with Crippen molar-refractivity contribution in [2.45, 2.75) is 24.4 Å². The molecule has 0 radical (unpaired) electrons. The van der Waals surface area contributed by atoms with Crippen LogP contribution in [0, 0.1) is 0 Å². The maximum absolute atomic E-state index is 4.89. The van der Waals surface area contributed by atoms with Gasteiger partial charge in [-0.25, -0.2) is 5.43 Å². The highest BCUT2D eigenvalue weighted by Crippen LogP contribution is 2.42. The summed E-state index contributed by atoms with van der Waals surface area (Å²) in [5, 5.41) is 11.1. The van der Waals surface area contributed by atoms with E-state index in [-0.39, 0.29) is 18.0 Å². The summed E-state index contributed by atoms with van der Waals surface area (Å²) in [6, 6.07) is 25.7. The van der Waals surface area contributed by atoms with Gasteiger partial charge in [0.1, 0.15) is 11.9 Å². The molecule has 2 heterocycles. The molecule has 3 aromatic carbocycles. The van der Waals surface area contributed by atoms with Crippen molar-refractivity contribution in [3.63, 3.8) is 0 Å². The van der Waals surface area contributed by atoms with Crippen molar-refractivity contribution in [3.8, 4) is 0 Å². The molecule has 0 saturated heterocycles. The molecule has 2 aliphatic rings. The topological polar surface area (TPSA) is 49.1 Å². The fraction of sp³-hybridized carbons (Fsp3) is 0.190. The number of fused-ring (bicyclic) bond motifs is 2.